The fraction of sp³-hybridized carbons (Fsp3) is 0.800. The summed E-state index contributed by atoms with van der Waals surface area (Å²) in [6.07, 6.45) is 2.54. The maximum Gasteiger partial charge on any atom is 0.334 e. The number of esters is 2. The Labute approximate surface area is 150 Å². The van der Waals surface area contributed by atoms with Crippen molar-refractivity contribution in [1.82, 2.24) is 0 Å². The monoisotopic (exact) mass is 350 g/mol. The van der Waals surface area contributed by atoms with Gasteiger partial charge >= 0.3 is 11.9 Å². The lowest BCUT2D eigenvalue weighted by Gasteiger charge is -2.48. The zero-order valence-electron chi connectivity index (χ0n) is 15.7. The van der Waals surface area contributed by atoms with Crippen LogP contribution >= 0.6 is 0 Å². The lowest BCUT2D eigenvalue weighted by atomic mass is 9.65. The minimum Gasteiger partial charge on any atom is -0.458 e. The summed E-state index contributed by atoms with van der Waals surface area (Å²) in [6.45, 7) is 12.8. The molecule has 1 saturated carbocycles. The highest BCUT2D eigenvalue weighted by Gasteiger charge is 2.56. The van der Waals surface area contributed by atoms with Crippen LogP contribution in [-0.2, 0) is 23.8 Å². The number of hydrogen-bond acceptors (Lipinski definition) is 5. The highest BCUT2D eigenvalue weighted by atomic mass is 16.7. The van der Waals surface area contributed by atoms with Gasteiger partial charge in [-0.1, -0.05) is 34.3 Å². The molecule has 3 aliphatic rings. The van der Waals surface area contributed by atoms with Crippen LogP contribution in [0.1, 0.15) is 53.4 Å². The Hall–Kier alpha value is -1.36. The summed E-state index contributed by atoms with van der Waals surface area (Å²) in [5.74, 6) is 0.0846. The van der Waals surface area contributed by atoms with Gasteiger partial charge < -0.3 is 14.2 Å². The molecule has 25 heavy (non-hydrogen) atoms. The zero-order chi connectivity index (χ0) is 18.4. The number of hydrogen-bond donors (Lipinski definition) is 0. The highest BCUT2D eigenvalue weighted by Crippen LogP contribution is 2.54. The minimum atomic E-state index is -0.572. The first-order valence-corrected chi connectivity index (χ1v) is 9.49. The van der Waals surface area contributed by atoms with Crippen molar-refractivity contribution in [3.63, 3.8) is 0 Å². The second-order valence-corrected chi connectivity index (χ2v) is 8.34. The molecule has 0 bridgehead atoms. The SMILES string of the molecule is C=C1C(=O)OC2CC(C)C3CCOC(OC(=O)C(C)CC)C3(C)CC12. The lowest BCUT2D eigenvalue weighted by Crippen LogP contribution is -2.50. The topological polar surface area (TPSA) is 61.8 Å². The fourth-order valence-corrected chi connectivity index (χ4v) is 4.88. The average Bonchev–Trinajstić information content (AvgIpc) is 2.76. The molecule has 7 atom stereocenters. The molecule has 140 valence electrons. The maximum atomic E-state index is 12.4. The van der Waals surface area contributed by atoms with E-state index in [9.17, 15) is 9.59 Å². The number of ether oxygens (including phenoxy) is 3. The van der Waals surface area contributed by atoms with Crippen molar-refractivity contribution in [1.29, 1.82) is 0 Å². The predicted octanol–water partition coefficient (Wildman–Crippen LogP) is 3.47. The van der Waals surface area contributed by atoms with E-state index in [1.54, 1.807) is 0 Å². The molecular formula is C20H30O5. The summed E-state index contributed by atoms with van der Waals surface area (Å²) in [4.78, 5) is 24.3. The molecule has 3 rings (SSSR count). The molecule has 2 heterocycles. The zero-order valence-corrected chi connectivity index (χ0v) is 15.7. The molecule has 0 aromatic heterocycles. The van der Waals surface area contributed by atoms with Gasteiger partial charge in [0.2, 0.25) is 6.29 Å². The van der Waals surface area contributed by atoms with Crippen LogP contribution in [-0.4, -0.2) is 30.9 Å². The molecule has 0 N–H and O–H groups in total. The van der Waals surface area contributed by atoms with Crippen molar-refractivity contribution in [2.24, 2.45) is 29.1 Å². The minimum absolute atomic E-state index is 0.0172. The Kier molecular flexibility index (Phi) is 4.97. The third-order valence-corrected chi connectivity index (χ3v) is 6.69. The molecule has 0 aromatic carbocycles. The van der Waals surface area contributed by atoms with E-state index in [1.165, 1.54) is 0 Å². The van der Waals surface area contributed by atoms with Crippen LogP contribution in [0.2, 0.25) is 0 Å². The summed E-state index contributed by atoms with van der Waals surface area (Å²) in [6, 6.07) is 0. The van der Waals surface area contributed by atoms with E-state index in [0.717, 1.165) is 19.3 Å². The number of fused-ring (bicyclic) bond motifs is 2. The lowest BCUT2D eigenvalue weighted by molar-refractivity contribution is -0.249. The Balaban J connectivity index is 1.88. The standard InChI is InChI=1S/C20H30O5/c1-6-11(2)17(21)25-19-20(5)10-14-13(4)18(22)24-16(14)9-12(3)15(20)7-8-23-19/h11-12,14-16,19H,4,6-10H2,1-3,5H3. The molecule has 3 fully saturated rings. The molecule has 0 radical (unpaired) electrons. The van der Waals surface area contributed by atoms with Crippen molar-refractivity contribution >= 4 is 11.9 Å². The Morgan fingerprint density at radius 2 is 2.20 bits per heavy atom. The summed E-state index contributed by atoms with van der Waals surface area (Å²) >= 11 is 0. The summed E-state index contributed by atoms with van der Waals surface area (Å²) < 4.78 is 17.3. The van der Waals surface area contributed by atoms with E-state index in [-0.39, 0.29) is 35.3 Å². The Bertz CT molecular complexity index is 570. The van der Waals surface area contributed by atoms with Crippen LogP contribution in [0.15, 0.2) is 12.2 Å². The predicted molar refractivity (Wildman–Crippen MR) is 92.4 cm³/mol. The Morgan fingerprint density at radius 1 is 1.48 bits per heavy atom. The van der Waals surface area contributed by atoms with Crippen LogP contribution in [0.3, 0.4) is 0 Å². The summed E-state index contributed by atoms with van der Waals surface area (Å²) in [5.41, 5.74) is 0.216. The van der Waals surface area contributed by atoms with Crippen LogP contribution in [0.4, 0.5) is 0 Å². The Morgan fingerprint density at radius 3 is 2.88 bits per heavy atom. The number of rotatable bonds is 3. The van der Waals surface area contributed by atoms with Gasteiger partial charge in [-0.05, 0) is 37.5 Å². The third-order valence-electron chi connectivity index (χ3n) is 6.69. The molecule has 1 aliphatic carbocycles. The summed E-state index contributed by atoms with van der Waals surface area (Å²) in [7, 11) is 0. The normalized spacial score (nSPS) is 42.0. The highest BCUT2D eigenvalue weighted by molar-refractivity contribution is 5.90. The third kappa shape index (κ3) is 3.12. The van der Waals surface area contributed by atoms with E-state index in [0.29, 0.717) is 30.4 Å². The van der Waals surface area contributed by atoms with Crippen LogP contribution in [0.5, 0.6) is 0 Å². The first kappa shape index (κ1) is 18.4. The average molecular weight is 350 g/mol. The van der Waals surface area contributed by atoms with Gasteiger partial charge in [-0.25, -0.2) is 4.79 Å². The fourth-order valence-electron chi connectivity index (χ4n) is 4.88. The van der Waals surface area contributed by atoms with E-state index in [2.05, 4.69) is 20.4 Å². The first-order chi connectivity index (χ1) is 11.8. The first-order valence-electron chi connectivity index (χ1n) is 9.49. The van der Waals surface area contributed by atoms with Gasteiger partial charge in [0.05, 0.1) is 12.5 Å². The molecule has 2 aliphatic heterocycles. The van der Waals surface area contributed by atoms with Crippen molar-refractivity contribution in [3.8, 4) is 0 Å². The van der Waals surface area contributed by atoms with Gasteiger partial charge in [0.15, 0.2) is 0 Å². The molecule has 0 spiro atoms. The van der Waals surface area contributed by atoms with Gasteiger partial charge in [0, 0.05) is 16.9 Å². The van der Waals surface area contributed by atoms with Crippen molar-refractivity contribution in [3.05, 3.63) is 12.2 Å². The quantitative estimate of drug-likeness (QED) is 0.576. The van der Waals surface area contributed by atoms with Gasteiger partial charge in [0.1, 0.15) is 6.10 Å². The van der Waals surface area contributed by atoms with E-state index >= 15 is 0 Å². The maximum absolute atomic E-state index is 12.4. The molecule has 2 saturated heterocycles. The second-order valence-electron chi connectivity index (χ2n) is 8.34. The van der Waals surface area contributed by atoms with E-state index in [4.69, 9.17) is 14.2 Å². The van der Waals surface area contributed by atoms with Gasteiger partial charge in [0.25, 0.3) is 0 Å². The van der Waals surface area contributed by atoms with Crippen LogP contribution in [0.25, 0.3) is 0 Å². The molecular weight excluding hydrogens is 320 g/mol. The van der Waals surface area contributed by atoms with Gasteiger partial charge in [-0.2, -0.15) is 0 Å². The largest absolute Gasteiger partial charge is 0.458 e. The van der Waals surface area contributed by atoms with Crippen molar-refractivity contribution < 1.29 is 23.8 Å². The van der Waals surface area contributed by atoms with Gasteiger partial charge in [-0.15, -0.1) is 0 Å². The van der Waals surface area contributed by atoms with Gasteiger partial charge in [-0.3, -0.25) is 4.79 Å². The molecule has 7 unspecified atom stereocenters. The number of carbonyl (C=O) groups excluding carboxylic acids is 2. The van der Waals surface area contributed by atoms with Crippen molar-refractivity contribution in [2.45, 2.75) is 65.8 Å². The number of carbonyl (C=O) groups is 2. The van der Waals surface area contributed by atoms with Crippen LogP contribution in [0, 0.1) is 29.1 Å². The molecule has 5 nitrogen and oxygen atoms in total. The van der Waals surface area contributed by atoms with Crippen molar-refractivity contribution in [2.75, 3.05) is 6.61 Å². The van der Waals surface area contributed by atoms with E-state index < -0.39 is 6.29 Å². The smallest absolute Gasteiger partial charge is 0.334 e. The summed E-state index contributed by atoms with van der Waals surface area (Å²) in [5, 5.41) is 0. The van der Waals surface area contributed by atoms with Crippen LogP contribution < -0.4 is 0 Å². The second kappa shape index (κ2) is 6.75. The van der Waals surface area contributed by atoms with E-state index in [1.807, 2.05) is 13.8 Å². The molecule has 0 aromatic rings. The molecule has 0 amide bonds. The molecule has 5 heteroatoms.